The van der Waals surface area contributed by atoms with Crippen molar-refractivity contribution < 1.29 is 86.2 Å². The number of esters is 3. The summed E-state index contributed by atoms with van der Waals surface area (Å²) >= 11 is 0. The number of ketones is 1. The number of halogens is 1. The number of nitrogens with zero attached hydrogens (tertiary/aromatic N) is 2. The lowest BCUT2D eigenvalue weighted by Gasteiger charge is -2.26. The Morgan fingerprint density at radius 2 is 0.970 bits per heavy atom. The molecule has 24 nitrogen and oxygen atoms in total. The number of ether oxygens (including phenoxy) is 7. The van der Waals surface area contributed by atoms with Crippen LogP contribution in [-0.4, -0.2) is 183 Å². The number of methoxy groups -OCH3 is 3. The Hall–Kier alpha value is -8.45. The van der Waals surface area contributed by atoms with Crippen LogP contribution in [0, 0.1) is 23.7 Å². The quantitative estimate of drug-likeness (QED) is 0.0459. The number of hydrogen-bond donors (Lipinski definition) is 5. The Morgan fingerprint density at radius 3 is 1.34 bits per heavy atom. The third-order valence-corrected chi connectivity index (χ3v) is 18.7. The highest BCUT2D eigenvalue weighted by atomic mass is 35.5. The lowest BCUT2D eigenvalue weighted by atomic mass is 9.95. The Balaban J connectivity index is 0.000000208. The Morgan fingerprint density at radius 1 is 0.566 bits per heavy atom. The highest BCUT2D eigenvalue weighted by Crippen LogP contribution is 2.46. The summed E-state index contributed by atoms with van der Waals surface area (Å²) in [5, 5.41) is 17.8. The fourth-order valence-electron chi connectivity index (χ4n) is 14.1. The van der Waals surface area contributed by atoms with E-state index in [-0.39, 0.29) is 123 Å². The van der Waals surface area contributed by atoms with Crippen LogP contribution in [0.3, 0.4) is 0 Å². The maximum atomic E-state index is 13.6. The summed E-state index contributed by atoms with van der Waals surface area (Å²) < 4.78 is 37.6. The second-order valence-electron chi connectivity index (χ2n) is 27.9. The molecule has 0 radical (unpaired) electrons. The summed E-state index contributed by atoms with van der Waals surface area (Å²) in [4.78, 5) is 124. The van der Waals surface area contributed by atoms with Gasteiger partial charge in [0.2, 0.25) is 17.7 Å². The van der Waals surface area contributed by atoms with Gasteiger partial charge in [-0.05, 0) is 131 Å². The molecule has 4 aromatic carbocycles. The number of fused-ring (bicyclic) bond motifs is 6. The fourth-order valence-corrected chi connectivity index (χ4v) is 14.1. The topological polar surface area (TPSA) is 324 Å². The molecule has 11 rings (SSSR count). The normalized spacial score (nSPS) is 22.1. The minimum atomic E-state index is -1.04. The van der Waals surface area contributed by atoms with Crippen molar-refractivity contribution in [3.05, 3.63) is 119 Å². The second kappa shape index (κ2) is 35.0. The molecule has 25 heteroatoms. The van der Waals surface area contributed by atoms with E-state index in [0.29, 0.717) is 32.2 Å². The number of nitrogens with one attached hydrogen (secondary N) is 3. The maximum Gasteiger partial charge on any atom is 0.410 e. The van der Waals surface area contributed by atoms with E-state index in [1.54, 1.807) is 6.92 Å². The maximum absolute atomic E-state index is 13.6. The second-order valence-corrected chi connectivity index (χ2v) is 27.9. The lowest BCUT2D eigenvalue weighted by molar-refractivity contribution is -0.146. The van der Waals surface area contributed by atoms with Crippen LogP contribution < -0.4 is 21.7 Å². The number of hydrogen-bond acceptors (Lipinski definition) is 18. The number of nitrogens with two attached hydrogens (primary N) is 1. The highest BCUT2D eigenvalue weighted by molar-refractivity contribution is 5.91. The van der Waals surface area contributed by atoms with Crippen LogP contribution >= 0.6 is 12.4 Å². The number of aliphatic carboxylic acids is 1. The summed E-state index contributed by atoms with van der Waals surface area (Å²) in [7, 11) is 3.91. The first-order valence-corrected chi connectivity index (χ1v) is 33.8. The van der Waals surface area contributed by atoms with Gasteiger partial charge in [0.1, 0.15) is 43.2 Å². The molecule has 0 bridgehead atoms. The zero-order valence-corrected chi connectivity index (χ0v) is 59.1. The van der Waals surface area contributed by atoms with Gasteiger partial charge in [0.05, 0.1) is 63.7 Å². The van der Waals surface area contributed by atoms with E-state index in [4.69, 9.17) is 29.4 Å². The van der Waals surface area contributed by atoms with Gasteiger partial charge in [-0.3, -0.25) is 38.6 Å². The van der Waals surface area contributed by atoms with Crippen LogP contribution in [-0.2, 0) is 71.5 Å². The van der Waals surface area contributed by atoms with Crippen molar-refractivity contribution in [1.82, 2.24) is 25.8 Å². The molecule has 1 saturated carbocycles. The first-order valence-electron chi connectivity index (χ1n) is 33.8. The molecule has 4 aliphatic heterocycles. The average Bonchev–Trinajstić information content (AvgIpc) is 1.62. The largest absolute Gasteiger partial charge is 0.480 e. The number of Topliss-reactive ketones (excluding diaryl/α,β-unsaturated/α-hetero) is 1. The van der Waals surface area contributed by atoms with Crippen LogP contribution in [0.1, 0.15) is 147 Å². The predicted molar refractivity (Wildman–Crippen MR) is 368 cm³/mol. The summed E-state index contributed by atoms with van der Waals surface area (Å²) in [5.41, 5.74) is 13.6. The van der Waals surface area contributed by atoms with Crippen molar-refractivity contribution in [2.75, 3.05) is 60.7 Å². The summed E-state index contributed by atoms with van der Waals surface area (Å²) in [6.45, 7) is 15.4. The molecular formula is C74H97ClN6O18. The standard InChI is InChI=1S/C33H40N2O7.C24H27NO5.C9H15NO3.C8H14N2O3.ClH/c1-33(2,3)42-21-17-28(30(37)34-27(31(38)40-4)16-20-10-9-15-29(20)36)35(18-21)32(39)41-19-26-24-13-7-5-11-22(24)23-12-6-8-14-25(23)26;1-24(2,3)30-15-12-21(22(26)27)25(13-15)23(28)29-14-20-18-10-6-4-8-16(18)17-9-5-7-11-19(17)20;1-6(9(12)13-2)5-7-3-4-10-8(7)11;1-13-8(12)6(9)4-5-2-3-10-7(5)11;/h5-8,11-14,20-21,26-28H,9-10,15-19H2,1-4H3,(H,34,37);4-11,15,20-21H,12-14H2,1-3H3,(H,26,27);6-7H,3-5H2,1-2H3,(H,10,11);5-6H,2-4,9H2,1H3,(H,10,11);1H/t20-,21+,27-,28-;15-,21+;6-,7-;5-,6-;/m0100./s1. The fraction of sp³-hybridized carbons (Fsp3) is 0.541. The molecule has 0 unspecified atom stereocenters. The van der Waals surface area contributed by atoms with Gasteiger partial charge < -0.3 is 59.9 Å². The summed E-state index contributed by atoms with van der Waals surface area (Å²) in [6.07, 6.45) is 3.24. The number of carboxylic acids is 1. The number of likely N-dealkylation sites (tertiary alicyclic amines) is 2. The van der Waals surface area contributed by atoms with Gasteiger partial charge in [-0.2, -0.15) is 0 Å². The molecular weight excluding hydrogens is 1300 g/mol. The molecule has 7 aliphatic rings. The monoisotopic (exact) mass is 1390 g/mol. The molecule has 0 spiro atoms. The molecule has 5 amide bonds. The van der Waals surface area contributed by atoms with Crippen LogP contribution in [0.25, 0.3) is 22.3 Å². The van der Waals surface area contributed by atoms with E-state index < -0.39 is 77.5 Å². The predicted octanol–water partition coefficient (Wildman–Crippen LogP) is 8.65. The van der Waals surface area contributed by atoms with E-state index >= 15 is 0 Å². The van der Waals surface area contributed by atoms with Gasteiger partial charge in [-0.15, -0.1) is 12.4 Å². The molecule has 4 heterocycles. The SMILES string of the molecule is CC(C)(C)O[C@@H]1C[C@@H](C(=O)O)N(C(=O)OCC2c3ccccc3-c3ccccc32)C1.COC(=O)[C@@H](C)C[C@@H]1CCNC1=O.COC(=O)[C@@H](N)C[C@@H]1CCNC1=O.COC(=O)[C@H](C[C@@H]1CCCC1=O)NC(=O)[C@@H]1C[C@@H](OC(C)(C)C)CN1C(=O)OCC1c2ccccc2-c2ccccc21.Cl. The molecule has 0 aromatic heterocycles. The van der Waals surface area contributed by atoms with Crippen LogP contribution in [0.4, 0.5) is 9.59 Å². The van der Waals surface area contributed by atoms with E-state index in [1.165, 1.54) is 31.1 Å². The molecule has 538 valence electrons. The summed E-state index contributed by atoms with van der Waals surface area (Å²) in [6, 6.07) is 28.9. The van der Waals surface area contributed by atoms with Gasteiger partial charge in [0, 0.05) is 61.9 Å². The minimum absolute atomic E-state index is 0. The van der Waals surface area contributed by atoms with Crippen LogP contribution in [0.15, 0.2) is 97.1 Å². The van der Waals surface area contributed by atoms with E-state index in [1.807, 2.05) is 90.1 Å². The van der Waals surface area contributed by atoms with E-state index in [0.717, 1.165) is 70.3 Å². The number of carbonyl (C=O) groups is 10. The van der Waals surface area contributed by atoms with Gasteiger partial charge in [0.25, 0.3) is 0 Å². The molecule has 4 saturated heterocycles. The summed E-state index contributed by atoms with van der Waals surface area (Å²) in [5.74, 6) is -3.49. The van der Waals surface area contributed by atoms with Gasteiger partial charge in [-0.25, -0.2) is 19.2 Å². The molecule has 10 atom stereocenters. The molecule has 5 fully saturated rings. The van der Waals surface area contributed by atoms with Crippen molar-refractivity contribution in [3.8, 4) is 22.3 Å². The lowest BCUT2D eigenvalue weighted by Crippen LogP contribution is -2.51. The molecule has 6 N–H and O–H groups in total. The van der Waals surface area contributed by atoms with Gasteiger partial charge in [0.15, 0.2) is 0 Å². The van der Waals surface area contributed by atoms with Crippen molar-refractivity contribution in [1.29, 1.82) is 0 Å². The number of carboxylic acid groups (broad SMARTS) is 1. The van der Waals surface area contributed by atoms with Crippen molar-refractivity contribution in [3.63, 3.8) is 0 Å². The Labute approximate surface area is 585 Å². The molecule has 4 aromatic rings. The highest BCUT2D eigenvalue weighted by Gasteiger charge is 2.46. The first kappa shape index (κ1) is 77.9. The zero-order valence-electron chi connectivity index (χ0n) is 58.2. The van der Waals surface area contributed by atoms with E-state index in [2.05, 4.69) is 74.0 Å². The molecule has 99 heavy (non-hydrogen) atoms. The van der Waals surface area contributed by atoms with E-state index in [9.17, 15) is 53.1 Å². The minimum Gasteiger partial charge on any atom is -0.480 e. The Kier molecular flexibility index (Phi) is 27.6. The van der Waals surface area contributed by atoms with Crippen molar-refractivity contribution in [2.24, 2.45) is 29.4 Å². The smallest absolute Gasteiger partial charge is 0.410 e. The zero-order chi connectivity index (χ0) is 71.2. The number of benzene rings is 4. The third kappa shape index (κ3) is 20.4. The van der Waals surface area contributed by atoms with Gasteiger partial charge in [-0.1, -0.05) is 104 Å². The number of carbonyl (C=O) groups excluding carboxylic acids is 9. The average molecular weight is 1390 g/mol. The Bertz CT molecular complexity index is 3400. The number of amides is 5. The number of rotatable bonds is 18. The van der Waals surface area contributed by atoms with Gasteiger partial charge >= 0.3 is 36.1 Å². The van der Waals surface area contributed by atoms with Crippen LogP contribution in [0.2, 0.25) is 0 Å². The van der Waals surface area contributed by atoms with Crippen LogP contribution in [0.5, 0.6) is 0 Å². The first-order chi connectivity index (χ1) is 46.6. The molecule has 3 aliphatic carbocycles. The van der Waals surface area contributed by atoms with Crippen molar-refractivity contribution >= 4 is 72.0 Å². The van der Waals surface area contributed by atoms with Crippen molar-refractivity contribution in [2.45, 2.75) is 172 Å². The third-order valence-electron chi connectivity index (χ3n) is 18.7.